The quantitative estimate of drug-likeness (QED) is 0.757. The minimum atomic E-state index is -0.483. The van der Waals surface area contributed by atoms with Crippen LogP contribution in [-0.2, 0) is 4.79 Å². The first kappa shape index (κ1) is 12.2. The molecule has 0 aliphatic carbocycles. The lowest BCUT2D eigenvalue weighted by molar-refractivity contribution is -0.116. The Balaban J connectivity index is 2.74. The molecule has 1 aromatic carbocycles. The number of para-hydroxylation sites is 1. The number of Topliss-reactive ketones (excluding diaryl/α,β-unsaturated/α-hetero) is 1. The van der Waals surface area contributed by atoms with Gasteiger partial charge in [0.15, 0.2) is 0 Å². The van der Waals surface area contributed by atoms with Crippen molar-refractivity contribution in [3.63, 3.8) is 0 Å². The highest BCUT2D eigenvalue weighted by Crippen LogP contribution is 2.16. The third-order valence-corrected chi connectivity index (χ3v) is 2.78. The van der Waals surface area contributed by atoms with Crippen molar-refractivity contribution in [2.75, 3.05) is 0 Å². The van der Waals surface area contributed by atoms with Crippen molar-refractivity contribution in [2.45, 2.75) is 20.3 Å². The summed E-state index contributed by atoms with van der Waals surface area (Å²) >= 11 is 0. The van der Waals surface area contributed by atoms with Crippen LogP contribution in [0.4, 0.5) is 0 Å². The van der Waals surface area contributed by atoms with E-state index in [1.165, 1.54) is 13.0 Å². The minimum absolute atomic E-state index is 0.253. The highest BCUT2D eigenvalue weighted by Gasteiger charge is 2.14. The SMILES string of the molecule is CC(=O)CC(=O)n1c(=O)cc(C)c2ccccc21. The van der Waals surface area contributed by atoms with E-state index in [0.29, 0.717) is 5.52 Å². The predicted molar refractivity (Wildman–Crippen MR) is 68.9 cm³/mol. The summed E-state index contributed by atoms with van der Waals surface area (Å²) in [5.41, 5.74) is 0.980. The van der Waals surface area contributed by atoms with E-state index in [1.807, 2.05) is 19.1 Å². The highest BCUT2D eigenvalue weighted by atomic mass is 16.2. The normalized spacial score (nSPS) is 10.6. The van der Waals surface area contributed by atoms with Crippen LogP contribution in [0.25, 0.3) is 10.9 Å². The summed E-state index contributed by atoms with van der Waals surface area (Å²) in [4.78, 5) is 34.9. The van der Waals surface area contributed by atoms with Gasteiger partial charge in [-0.1, -0.05) is 18.2 Å². The van der Waals surface area contributed by atoms with E-state index in [1.54, 1.807) is 12.1 Å². The Hall–Kier alpha value is -2.23. The Morgan fingerprint density at radius 1 is 1.22 bits per heavy atom. The standard InChI is InChI=1S/C14H13NO3/c1-9-7-13(17)15(14(18)8-10(2)16)12-6-4-3-5-11(9)12/h3-7H,8H2,1-2H3. The second-order valence-corrected chi connectivity index (χ2v) is 4.29. The van der Waals surface area contributed by atoms with Crippen molar-refractivity contribution >= 4 is 22.6 Å². The Kier molecular flexibility index (Phi) is 3.10. The molecular formula is C14H13NO3. The van der Waals surface area contributed by atoms with Gasteiger partial charge >= 0.3 is 0 Å². The first-order valence-corrected chi connectivity index (χ1v) is 5.65. The number of fused-ring (bicyclic) bond motifs is 1. The summed E-state index contributed by atoms with van der Waals surface area (Å²) in [5.74, 6) is -0.736. The van der Waals surface area contributed by atoms with E-state index >= 15 is 0 Å². The number of aromatic nitrogens is 1. The number of carbonyl (C=O) groups is 2. The number of hydrogen-bond acceptors (Lipinski definition) is 3. The van der Waals surface area contributed by atoms with E-state index in [4.69, 9.17) is 0 Å². The van der Waals surface area contributed by atoms with Gasteiger partial charge < -0.3 is 0 Å². The maximum atomic E-state index is 11.9. The second-order valence-electron chi connectivity index (χ2n) is 4.29. The average Bonchev–Trinajstić information content (AvgIpc) is 2.28. The molecule has 1 aromatic heterocycles. The van der Waals surface area contributed by atoms with Crippen molar-refractivity contribution in [3.8, 4) is 0 Å². The molecule has 0 N–H and O–H groups in total. The molecule has 0 radical (unpaired) electrons. The van der Waals surface area contributed by atoms with Crippen LogP contribution in [0.3, 0.4) is 0 Å². The number of hydrogen-bond donors (Lipinski definition) is 0. The van der Waals surface area contributed by atoms with E-state index in [2.05, 4.69) is 0 Å². The van der Waals surface area contributed by atoms with Gasteiger partial charge in [-0.25, -0.2) is 4.57 Å². The summed E-state index contributed by atoms with van der Waals surface area (Å²) in [7, 11) is 0. The number of rotatable bonds is 2. The van der Waals surface area contributed by atoms with Gasteiger partial charge in [0, 0.05) is 11.5 Å². The van der Waals surface area contributed by atoms with Crippen molar-refractivity contribution in [3.05, 3.63) is 46.2 Å². The Morgan fingerprint density at radius 3 is 2.56 bits per heavy atom. The smallest absolute Gasteiger partial charge is 0.258 e. The van der Waals surface area contributed by atoms with E-state index in [-0.39, 0.29) is 12.2 Å². The molecular weight excluding hydrogens is 230 g/mol. The van der Waals surface area contributed by atoms with Crippen LogP contribution in [-0.4, -0.2) is 16.3 Å². The predicted octanol–water partition coefficient (Wildman–Crippen LogP) is 1.93. The van der Waals surface area contributed by atoms with Crippen LogP contribution in [0.2, 0.25) is 0 Å². The molecule has 2 rings (SSSR count). The fourth-order valence-corrected chi connectivity index (χ4v) is 2.00. The van der Waals surface area contributed by atoms with Gasteiger partial charge in [-0.05, 0) is 25.5 Å². The van der Waals surface area contributed by atoms with Gasteiger partial charge in [0.1, 0.15) is 5.78 Å². The molecule has 0 aliphatic rings. The highest BCUT2D eigenvalue weighted by molar-refractivity contribution is 6.01. The van der Waals surface area contributed by atoms with Crippen LogP contribution in [0.1, 0.15) is 23.7 Å². The van der Waals surface area contributed by atoms with E-state index in [0.717, 1.165) is 15.5 Å². The molecule has 0 atom stereocenters. The number of ketones is 1. The lowest BCUT2D eigenvalue weighted by Crippen LogP contribution is -2.28. The van der Waals surface area contributed by atoms with Crippen LogP contribution >= 0.6 is 0 Å². The zero-order valence-electron chi connectivity index (χ0n) is 10.3. The first-order valence-electron chi connectivity index (χ1n) is 5.65. The molecule has 2 aromatic rings. The molecule has 0 unspecified atom stereocenters. The third kappa shape index (κ3) is 2.09. The topological polar surface area (TPSA) is 56.1 Å². The van der Waals surface area contributed by atoms with Crippen molar-refractivity contribution in [2.24, 2.45) is 0 Å². The Bertz CT molecular complexity index is 698. The fourth-order valence-electron chi connectivity index (χ4n) is 2.00. The van der Waals surface area contributed by atoms with Gasteiger partial charge in [-0.3, -0.25) is 14.4 Å². The molecule has 0 fully saturated rings. The van der Waals surface area contributed by atoms with Crippen LogP contribution < -0.4 is 5.56 Å². The molecule has 1 heterocycles. The van der Waals surface area contributed by atoms with Gasteiger partial charge in [0.2, 0.25) is 5.91 Å². The van der Waals surface area contributed by atoms with Crippen molar-refractivity contribution in [1.82, 2.24) is 4.57 Å². The molecule has 18 heavy (non-hydrogen) atoms. The summed E-state index contributed by atoms with van der Waals surface area (Å²) in [6.07, 6.45) is -0.257. The summed E-state index contributed by atoms with van der Waals surface area (Å²) in [6, 6.07) is 8.59. The van der Waals surface area contributed by atoms with Gasteiger partial charge in [-0.2, -0.15) is 0 Å². The molecule has 0 amide bonds. The summed E-state index contributed by atoms with van der Waals surface area (Å²) in [5, 5.41) is 0.842. The van der Waals surface area contributed by atoms with Crippen LogP contribution in [0, 0.1) is 6.92 Å². The summed E-state index contributed by atoms with van der Waals surface area (Å²) in [6.45, 7) is 3.16. The van der Waals surface area contributed by atoms with E-state index < -0.39 is 11.5 Å². The molecule has 0 bridgehead atoms. The minimum Gasteiger partial charge on any atom is -0.299 e. The first-order chi connectivity index (χ1) is 8.50. The summed E-state index contributed by atoms with van der Waals surface area (Å²) < 4.78 is 1.07. The molecule has 92 valence electrons. The zero-order valence-corrected chi connectivity index (χ0v) is 10.3. The number of aryl methyl sites for hydroxylation is 1. The van der Waals surface area contributed by atoms with Crippen LogP contribution in [0.5, 0.6) is 0 Å². The molecule has 0 spiro atoms. The zero-order chi connectivity index (χ0) is 13.3. The number of benzene rings is 1. The van der Waals surface area contributed by atoms with Gasteiger partial charge in [-0.15, -0.1) is 0 Å². The van der Waals surface area contributed by atoms with Gasteiger partial charge in [0.25, 0.3) is 5.56 Å². The number of pyridine rings is 1. The third-order valence-electron chi connectivity index (χ3n) is 2.78. The number of carbonyl (C=O) groups excluding carboxylic acids is 2. The van der Waals surface area contributed by atoms with Gasteiger partial charge in [0.05, 0.1) is 11.9 Å². The average molecular weight is 243 g/mol. The van der Waals surface area contributed by atoms with Crippen molar-refractivity contribution in [1.29, 1.82) is 0 Å². The number of nitrogens with zero attached hydrogens (tertiary/aromatic N) is 1. The second kappa shape index (κ2) is 4.56. The maximum absolute atomic E-state index is 11.9. The molecule has 4 heteroatoms. The largest absolute Gasteiger partial charge is 0.299 e. The van der Waals surface area contributed by atoms with Crippen molar-refractivity contribution < 1.29 is 9.59 Å². The molecule has 0 saturated heterocycles. The molecule has 0 aliphatic heterocycles. The lowest BCUT2D eigenvalue weighted by atomic mass is 10.1. The Morgan fingerprint density at radius 2 is 1.89 bits per heavy atom. The Labute approximate surface area is 104 Å². The fraction of sp³-hybridized carbons (Fsp3) is 0.214. The van der Waals surface area contributed by atoms with E-state index in [9.17, 15) is 14.4 Å². The lowest BCUT2D eigenvalue weighted by Gasteiger charge is -2.09. The monoisotopic (exact) mass is 243 g/mol. The molecule has 4 nitrogen and oxygen atoms in total. The molecule has 0 saturated carbocycles. The maximum Gasteiger partial charge on any atom is 0.258 e. The van der Waals surface area contributed by atoms with Crippen LogP contribution in [0.15, 0.2) is 35.1 Å².